The van der Waals surface area contributed by atoms with E-state index in [9.17, 15) is 13.6 Å². The zero-order chi connectivity index (χ0) is 20.8. The molecule has 1 aliphatic carbocycles. The number of carbonyl (C=O) groups excluding carboxylic acids is 1. The van der Waals surface area contributed by atoms with Gasteiger partial charge >= 0.3 is 6.03 Å². The minimum Gasteiger partial charge on any atom is -0.314 e. The summed E-state index contributed by atoms with van der Waals surface area (Å²) in [5.74, 6) is -0.364. The lowest BCUT2D eigenvalue weighted by Gasteiger charge is -2.34. The maximum Gasteiger partial charge on any atom is 0.322 e. The number of nitrogens with zero attached hydrogens (tertiary/aromatic N) is 4. The molecule has 3 aromatic rings. The van der Waals surface area contributed by atoms with Crippen LogP contribution in [0.15, 0.2) is 42.7 Å². The minimum absolute atomic E-state index is 0.0743. The molecule has 3 heterocycles. The molecule has 1 aromatic carbocycles. The number of benzene rings is 1. The van der Waals surface area contributed by atoms with Crippen molar-refractivity contribution < 1.29 is 13.6 Å². The van der Waals surface area contributed by atoms with Gasteiger partial charge in [0.05, 0.1) is 42.9 Å². The lowest BCUT2D eigenvalue weighted by molar-refractivity contribution is 0.162. The fourth-order valence-electron chi connectivity index (χ4n) is 3.95. The summed E-state index contributed by atoms with van der Waals surface area (Å²) in [5.41, 5.74) is 3.50. The Labute approximate surface area is 172 Å². The number of aromatic nitrogens is 3. The molecule has 5 rings (SSSR count). The number of hydrogen-bond acceptors (Lipinski definition) is 3. The number of carbonyl (C=O) groups is 1. The predicted octanol–water partition coefficient (Wildman–Crippen LogP) is 4.54. The van der Waals surface area contributed by atoms with Crippen molar-refractivity contribution in [2.45, 2.75) is 44.8 Å². The van der Waals surface area contributed by atoms with E-state index in [0.29, 0.717) is 30.0 Å². The smallest absolute Gasteiger partial charge is 0.314 e. The summed E-state index contributed by atoms with van der Waals surface area (Å²) in [6, 6.07) is 7.37. The first-order valence-electron chi connectivity index (χ1n) is 10.0. The Morgan fingerprint density at radius 2 is 2.00 bits per heavy atom. The normalized spacial score (nSPS) is 18.2. The zero-order valence-electron chi connectivity index (χ0n) is 16.5. The number of urea groups is 1. The van der Waals surface area contributed by atoms with Crippen LogP contribution in [0, 0.1) is 11.6 Å². The van der Waals surface area contributed by atoms with E-state index in [1.165, 1.54) is 18.3 Å². The molecule has 0 spiro atoms. The first-order chi connectivity index (χ1) is 14.5. The van der Waals surface area contributed by atoms with Crippen LogP contribution in [0.3, 0.4) is 0 Å². The van der Waals surface area contributed by atoms with Crippen molar-refractivity contribution in [1.29, 1.82) is 0 Å². The summed E-state index contributed by atoms with van der Waals surface area (Å²) < 4.78 is 29.1. The second-order valence-corrected chi connectivity index (χ2v) is 7.97. The van der Waals surface area contributed by atoms with Crippen LogP contribution >= 0.6 is 0 Å². The van der Waals surface area contributed by atoms with Gasteiger partial charge in [-0.1, -0.05) is 0 Å². The molecule has 6 nitrogen and oxygen atoms in total. The summed E-state index contributed by atoms with van der Waals surface area (Å²) in [6.07, 6.45) is 4.84. The highest BCUT2D eigenvalue weighted by Gasteiger charge is 2.31. The molecule has 1 aliphatic heterocycles. The Hall–Kier alpha value is -3.29. The van der Waals surface area contributed by atoms with Crippen LogP contribution in [-0.2, 0) is 13.1 Å². The number of fused-ring (bicyclic) bond motifs is 1. The van der Waals surface area contributed by atoms with Crippen LogP contribution in [0.1, 0.15) is 36.9 Å². The van der Waals surface area contributed by atoms with Gasteiger partial charge in [-0.05, 0) is 61.6 Å². The van der Waals surface area contributed by atoms with Crippen molar-refractivity contribution in [3.63, 3.8) is 0 Å². The molecule has 2 amide bonds. The van der Waals surface area contributed by atoms with Crippen LogP contribution in [0.2, 0.25) is 0 Å². The first-order valence-corrected chi connectivity index (χ1v) is 10.0. The predicted molar refractivity (Wildman–Crippen MR) is 108 cm³/mol. The van der Waals surface area contributed by atoms with E-state index in [2.05, 4.69) is 15.4 Å². The molecular formula is C22H21F2N5O. The second-order valence-electron chi connectivity index (χ2n) is 7.97. The van der Waals surface area contributed by atoms with Crippen LogP contribution in [-0.4, -0.2) is 31.7 Å². The first kappa shape index (κ1) is 18.7. The highest BCUT2D eigenvalue weighted by molar-refractivity contribution is 5.89. The average Bonchev–Trinajstić information content (AvgIpc) is 3.49. The van der Waals surface area contributed by atoms with Gasteiger partial charge in [-0.15, -0.1) is 0 Å². The van der Waals surface area contributed by atoms with Crippen molar-refractivity contribution >= 4 is 11.7 Å². The standard InChI is InChI=1S/C22H21F2N5O/c1-13-11-29-21(18(10-26-29)20-7-4-15(23)9-25-20)12-28(13)22(30)27-16-5-6-19(24)17(8-16)14-2-3-14/h4-10,13-14H,2-3,11-12H2,1H3,(H,27,30). The van der Waals surface area contributed by atoms with Crippen LogP contribution in [0.4, 0.5) is 19.3 Å². The fourth-order valence-corrected chi connectivity index (χ4v) is 3.95. The highest BCUT2D eigenvalue weighted by atomic mass is 19.1. The van der Waals surface area contributed by atoms with Gasteiger partial charge in [0.25, 0.3) is 0 Å². The number of nitrogens with one attached hydrogen (secondary N) is 1. The highest BCUT2D eigenvalue weighted by Crippen LogP contribution is 2.42. The molecule has 1 fully saturated rings. The van der Waals surface area contributed by atoms with Gasteiger partial charge < -0.3 is 10.2 Å². The quantitative estimate of drug-likeness (QED) is 0.691. The van der Waals surface area contributed by atoms with Crippen molar-refractivity contribution in [1.82, 2.24) is 19.7 Å². The molecule has 154 valence electrons. The minimum atomic E-state index is -0.403. The van der Waals surface area contributed by atoms with Crippen molar-refractivity contribution in [3.05, 3.63) is 65.6 Å². The van der Waals surface area contributed by atoms with Gasteiger partial charge in [-0.2, -0.15) is 5.10 Å². The van der Waals surface area contributed by atoms with Gasteiger partial charge in [0.15, 0.2) is 0 Å². The van der Waals surface area contributed by atoms with E-state index in [1.54, 1.807) is 29.3 Å². The molecule has 0 radical (unpaired) electrons. The molecular weight excluding hydrogens is 388 g/mol. The molecule has 2 aromatic heterocycles. The number of pyridine rings is 1. The van der Waals surface area contributed by atoms with E-state index in [0.717, 1.165) is 24.1 Å². The van der Waals surface area contributed by atoms with Gasteiger partial charge in [0.1, 0.15) is 11.6 Å². The van der Waals surface area contributed by atoms with Crippen LogP contribution in [0.25, 0.3) is 11.3 Å². The van der Waals surface area contributed by atoms with E-state index in [4.69, 9.17) is 0 Å². The molecule has 1 unspecified atom stereocenters. The summed E-state index contributed by atoms with van der Waals surface area (Å²) in [4.78, 5) is 18.9. The second kappa shape index (κ2) is 7.19. The third-order valence-electron chi connectivity index (χ3n) is 5.77. The molecule has 0 bridgehead atoms. The number of halogens is 2. The third-order valence-corrected chi connectivity index (χ3v) is 5.77. The van der Waals surface area contributed by atoms with Gasteiger partial charge in [0, 0.05) is 11.3 Å². The van der Waals surface area contributed by atoms with Crippen molar-refractivity contribution in [2.75, 3.05) is 5.32 Å². The number of anilines is 1. The number of amides is 2. The molecule has 0 saturated heterocycles. The van der Waals surface area contributed by atoms with E-state index in [-0.39, 0.29) is 23.8 Å². The zero-order valence-corrected chi connectivity index (χ0v) is 16.5. The van der Waals surface area contributed by atoms with Crippen LogP contribution in [0.5, 0.6) is 0 Å². The summed E-state index contributed by atoms with van der Waals surface area (Å²) in [7, 11) is 0. The average molecular weight is 409 g/mol. The van der Waals surface area contributed by atoms with Crippen molar-refractivity contribution in [2.24, 2.45) is 0 Å². The lowest BCUT2D eigenvalue weighted by Crippen LogP contribution is -2.47. The van der Waals surface area contributed by atoms with Gasteiger partial charge in [-0.25, -0.2) is 13.6 Å². The molecule has 8 heteroatoms. The molecule has 30 heavy (non-hydrogen) atoms. The third kappa shape index (κ3) is 3.42. The molecule has 1 saturated carbocycles. The van der Waals surface area contributed by atoms with E-state index in [1.807, 2.05) is 11.6 Å². The Morgan fingerprint density at radius 3 is 2.73 bits per heavy atom. The fraction of sp³-hybridized carbons (Fsp3) is 0.318. The lowest BCUT2D eigenvalue weighted by atomic mass is 10.1. The molecule has 1 atom stereocenters. The monoisotopic (exact) mass is 409 g/mol. The Bertz CT molecular complexity index is 1110. The molecule has 2 aliphatic rings. The van der Waals surface area contributed by atoms with E-state index < -0.39 is 5.82 Å². The SMILES string of the molecule is CC1Cn2ncc(-c3ccc(F)cn3)c2CN1C(=O)Nc1ccc(F)c(C2CC2)c1. The van der Waals surface area contributed by atoms with Crippen molar-refractivity contribution in [3.8, 4) is 11.3 Å². The summed E-state index contributed by atoms with van der Waals surface area (Å²) in [6.45, 7) is 2.85. The molecule has 1 N–H and O–H groups in total. The Balaban J connectivity index is 1.38. The Morgan fingerprint density at radius 1 is 1.17 bits per heavy atom. The summed E-state index contributed by atoms with van der Waals surface area (Å²) >= 11 is 0. The van der Waals surface area contributed by atoms with E-state index >= 15 is 0 Å². The van der Waals surface area contributed by atoms with Gasteiger partial charge in [-0.3, -0.25) is 9.67 Å². The maximum atomic E-state index is 14.0. The number of hydrogen-bond donors (Lipinski definition) is 1. The largest absolute Gasteiger partial charge is 0.322 e. The topological polar surface area (TPSA) is 63.1 Å². The maximum absolute atomic E-state index is 14.0. The van der Waals surface area contributed by atoms with Crippen LogP contribution < -0.4 is 5.32 Å². The van der Waals surface area contributed by atoms with Gasteiger partial charge in [0.2, 0.25) is 0 Å². The Kier molecular flexibility index (Phi) is 4.49. The summed E-state index contributed by atoms with van der Waals surface area (Å²) in [5, 5.41) is 7.32. The number of rotatable bonds is 3.